The van der Waals surface area contributed by atoms with Gasteiger partial charge in [0.1, 0.15) is 5.78 Å². The fourth-order valence-electron chi connectivity index (χ4n) is 0.662. The Kier molecular flexibility index (Phi) is 6.88. The van der Waals surface area contributed by atoms with Crippen molar-refractivity contribution in [2.75, 3.05) is 0 Å². The maximum absolute atomic E-state index is 10.5. The quantitative estimate of drug-likeness (QED) is 0.614. The van der Waals surface area contributed by atoms with E-state index < -0.39 is 5.41 Å². The molecule has 0 saturated heterocycles. The lowest BCUT2D eigenvalue weighted by molar-refractivity contribution is -0.118. The van der Waals surface area contributed by atoms with Gasteiger partial charge in [-0.05, 0) is 20.8 Å². The van der Waals surface area contributed by atoms with Crippen molar-refractivity contribution in [2.45, 2.75) is 41.0 Å². The van der Waals surface area contributed by atoms with E-state index in [-0.39, 0.29) is 5.78 Å². The Balaban J connectivity index is 0. The number of Topliss-reactive ketones (excluding diaryl/α,β-unsaturated/α-hetero) is 1. The van der Waals surface area contributed by atoms with Crippen molar-refractivity contribution in [3.05, 3.63) is 0 Å². The summed E-state index contributed by atoms with van der Waals surface area (Å²) in [5.74, 6) is 0.0709. The molecule has 0 spiro atoms. The van der Waals surface area contributed by atoms with Crippen LogP contribution in [0.4, 0.5) is 0 Å². The molecule has 0 radical (unpaired) electrons. The van der Waals surface area contributed by atoms with Crippen LogP contribution in [0.2, 0.25) is 0 Å². The molecule has 0 saturated carbocycles. The summed E-state index contributed by atoms with van der Waals surface area (Å²) < 4.78 is 0. The molecule has 2 heteroatoms. The minimum Gasteiger partial charge on any atom is -0.300 e. The Morgan fingerprint density at radius 2 is 1.82 bits per heavy atom. The Labute approximate surface area is 69.2 Å². The highest BCUT2D eigenvalue weighted by Gasteiger charge is 2.18. The number of carbonyl (C=O) groups excluding carboxylic acids is 1. The molecule has 0 heterocycles. The van der Waals surface area contributed by atoms with Crippen molar-refractivity contribution in [3.63, 3.8) is 0 Å². The second-order valence-corrected chi connectivity index (χ2v) is 2.87. The molecule has 0 aromatic rings. The number of ketones is 1. The number of nitrogens with zero attached hydrogens (tertiary/aromatic N) is 1. The van der Waals surface area contributed by atoms with Gasteiger partial charge in [-0.25, -0.2) is 0 Å². The van der Waals surface area contributed by atoms with Gasteiger partial charge in [0, 0.05) is 6.42 Å². The van der Waals surface area contributed by atoms with Gasteiger partial charge in [-0.3, -0.25) is 4.79 Å². The Hall–Kier alpha value is -0.840. The normalized spacial score (nSPS) is 9.09. The fourth-order valence-corrected chi connectivity index (χ4v) is 0.662. The van der Waals surface area contributed by atoms with Gasteiger partial charge in [-0.15, -0.1) is 0 Å². The minimum atomic E-state index is -0.480. The number of rotatable bonds is 2. The molecule has 0 N–H and O–H groups in total. The van der Waals surface area contributed by atoms with E-state index in [2.05, 4.69) is 6.07 Å². The van der Waals surface area contributed by atoms with Gasteiger partial charge < -0.3 is 0 Å². The predicted octanol–water partition coefficient (Wildman–Crippen LogP) is 2.54. The van der Waals surface area contributed by atoms with Crippen LogP contribution in [0, 0.1) is 16.7 Å². The van der Waals surface area contributed by atoms with Crippen LogP contribution < -0.4 is 0 Å². The highest BCUT2D eigenvalue weighted by molar-refractivity contribution is 5.76. The maximum Gasteiger partial charge on any atom is 0.131 e. The van der Waals surface area contributed by atoms with E-state index in [4.69, 9.17) is 5.26 Å². The van der Waals surface area contributed by atoms with Crippen LogP contribution >= 0.6 is 0 Å². The van der Waals surface area contributed by atoms with E-state index in [0.29, 0.717) is 6.42 Å². The molecule has 0 aromatic heterocycles. The summed E-state index contributed by atoms with van der Waals surface area (Å²) in [6, 6.07) is 2.05. The summed E-state index contributed by atoms with van der Waals surface area (Å²) in [6.45, 7) is 9.02. The summed E-state index contributed by atoms with van der Waals surface area (Å²) in [5, 5.41) is 8.44. The fraction of sp³-hybridized carbons (Fsp3) is 0.778. The molecule has 0 bridgehead atoms. The zero-order valence-electron chi connectivity index (χ0n) is 8.06. The average Bonchev–Trinajstić information content (AvgIpc) is 1.90. The van der Waals surface area contributed by atoms with Crippen LogP contribution in [0.3, 0.4) is 0 Å². The van der Waals surface area contributed by atoms with E-state index in [0.717, 1.165) is 0 Å². The SMILES string of the molecule is CC.CC(=O)CC(C)(C)C#N. The van der Waals surface area contributed by atoms with Gasteiger partial charge in [0.05, 0.1) is 11.5 Å². The molecule has 0 amide bonds. The van der Waals surface area contributed by atoms with Crippen LogP contribution in [0.1, 0.15) is 41.0 Å². The van der Waals surface area contributed by atoms with E-state index >= 15 is 0 Å². The number of hydrogen-bond donors (Lipinski definition) is 0. The molecular formula is C9H17NO. The number of carbonyl (C=O) groups is 1. The van der Waals surface area contributed by atoms with Gasteiger partial charge in [-0.1, -0.05) is 13.8 Å². The third kappa shape index (κ3) is 9.16. The summed E-state index contributed by atoms with van der Waals surface area (Å²) in [7, 11) is 0. The third-order valence-corrected chi connectivity index (χ3v) is 0.994. The highest BCUT2D eigenvalue weighted by atomic mass is 16.1. The first kappa shape index (κ1) is 12.8. The van der Waals surface area contributed by atoms with E-state index in [9.17, 15) is 4.79 Å². The standard InChI is InChI=1S/C7H11NO.C2H6/c1-6(9)4-7(2,3)5-8;1-2/h4H2,1-3H3;1-2H3. The van der Waals surface area contributed by atoms with Crippen LogP contribution in [0.15, 0.2) is 0 Å². The van der Waals surface area contributed by atoms with Crippen LogP contribution in [0.5, 0.6) is 0 Å². The van der Waals surface area contributed by atoms with Gasteiger partial charge in [0.15, 0.2) is 0 Å². The summed E-state index contributed by atoms with van der Waals surface area (Å²) >= 11 is 0. The van der Waals surface area contributed by atoms with Crippen molar-refractivity contribution >= 4 is 5.78 Å². The number of hydrogen-bond acceptors (Lipinski definition) is 2. The van der Waals surface area contributed by atoms with Crippen LogP contribution in [0.25, 0.3) is 0 Å². The zero-order chi connectivity index (χ0) is 9.49. The van der Waals surface area contributed by atoms with Gasteiger partial charge >= 0.3 is 0 Å². The lowest BCUT2D eigenvalue weighted by Gasteiger charge is -2.10. The average molecular weight is 155 g/mol. The van der Waals surface area contributed by atoms with Crippen molar-refractivity contribution < 1.29 is 4.79 Å². The molecule has 0 aliphatic carbocycles. The first-order valence-corrected chi connectivity index (χ1v) is 3.88. The van der Waals surface area contributed by atoms with Crippen molar-refractivity contribution in [2.24, 2.45) is 5.41 Å². The van der Waals surface area contributed by atoms with Crippen molar-refractivity contribution in [1.82, 2.24) is 0 Å². The number of nitriles is 1. The molecule has 11 heavy (non-hydrogen) atoms. The van der Waals surface area contributed by atoms with Crippen LogP contribution in [-0.4, -0.2) is 5.78 Å². The molecule has 0 rings (SSSR count). The first-order chi connectivity index (χ1) is 4.98. The van der Waals surface area contributed by atoms with E-state index in [1.165, 1.54) is 6.92 Å². The lowest BCUT2D eigenvalue weighted by Crippen LogP contribution is -2.12. The monoisotopic (exact) mass is 155 g/mol. The summed E-state index contributed by atoms with van der Waals surface area (Å²) in [5.41, 5.74) is -0.480. The topological polar surface area (TPSA) is 40.9 Å². The molecule has 0 aliphatic heterocycles. The highest BCUT2D eigenvalue weighted by Crippen LogP contribution is 2.17. The van der Waals surface area contributed by atoms with Gasteiger partial charge in [-0.2, -0.15) is 5.26 Å². The Morgan fingerprint density at radius 1 is 1.45 bits per heavy atom. The van der Waals surface area contributed by atoms with E-state index in [1.54, 1.807) is 13.8 Å². The molecular weight excluding hydrogens is 138 g/mol. The molecule has 64 valence electrons. The second-order valence-electron chi connectivity index (χ2n) is 2.87. The molecule has 0 aromatic carbocycles. The van der Waals surface area contributed by atoms with Gasteiger partial charge in [0.25, 0.3) is 0 Å². The third-order valence-electron chi connectivity index (χ3n) is 0.994. The van der Waals surface area contributed by atoms with Crippen molar-refractivity contribution in [3.8, 4) is 6.07 Å². The largest absolute Gasteiger partial charge is 0.300 e. The molecule has 0 atom stereocenters. The molecule has 2 nitrogen and oxygen atoms in total. The summed E-state index contributed by atoms with van der Waals surface area (Å²) in [6.07, 6.45) is 0.351. The lowest BCUT2D eigenvalue weighted by atomic mass is 9.90. The van der Waals surface area contributed by atoms with E-state index in [1.807, 2.05) is 13.8 Å². The zero-order valence-corrected chi connectivity index (χ0v) is 8.06. The smallest absolute Gasteiger partial charge is 0.131 e. The first-order valence-electron chi connectivity index (χ1n) is 3.88. The van der Waals surface area contributed by atoms with Gasteiger partial charge in [0.2, 0.25) is 0 Å². The summed E-state index contributed by atoms with van der Waals surface area (Å²) in [4.78, 5) is 10.5. The Bertz CT molecular complexity index is 153. The van der Waals surface area contributed by atoms with Crippen molar-refractivity contribution in [1.29, 1.82) is 5.26 Å². The predicted molar refractivity (Wildman–Crippen MR) is 46.0 cm³/mol. The molecule has 0 aliphatic rings. The Morgan fingerprint density at radius 3 is 1.91 bits per heavy atom. The van der Waals surface area contributed by atoms with Crippen LogP contribution in [-0.2, 0) is 4.79 Å². The second kappa shape index (κ2) is 5.91. The minimum absolute atomic E-state index is 0.0709. The molecule has 0 fully saturated rings. The maximum atomic E-state index is 10.5. The molecule has 0 unspecified atom stereocenters.